The third-order valence-corrected chi connectivity index (χ3v) is 7.38. The summed E-state index contributed by atoms with van der Waals surface area (Å²) in [6.07, 6.45) is -1.34. The zero-order chi connectivity index (χ0) is 27.6. The van der Waals surface area contributed by atoms with Crippen molar-refractivity contribution < 1.29 is 26.7 Å². The number of halogens is 5. The summed E-state index contributed by atoms with van der Waals surface area (Å²) in [5, 5.41) is 6.52. The molecular formula is C31H27F5N2O. The molecule has 1 atom stereocenters. The third kappa shape index (κ3) is 5.60. The quantitative estimate of drug-likeness (QED) is 0.241. The van der Waals surface area contributed by atoms with Crippen LogP contribution >= 0.6 is 0 Å². The predicted octanol–water partition coefficient (Wildman–Crippen LogP) is 7.86. The molecular weight excluding hydrogens is 511 g/mol. The number of benzene rings is 4. The molecule has 0 aromatic heterocycles. The molecule has 39 heavy (non-hydrogen) atoms. The van der Waals surface area contributed by atoms with Gasteiger partial charge < -0.3 is 10.6 Å². The Balaban J connectivity index is 1.78. The lowest BCUT2D eigenvalue weighted by Crippen LogP contribution is -2.54. The minimum Gasteiger partial charge on any atom is -0.335 e. The van der Waals surface area contributed by atoms with Crippen molar-refractivity contribution >= 4 is 16.8 Å². The minimum atomic E-state index is -4.83. The number of nitrogens with one attached hydrogen (secondary N) is 2. The monoisotopic (exact) mass is 538 g/mol. The largest absolute Gasteiger partial charge is 0.416 e. The van der Waals surface area contributed by atoms with Crippen LogP contribution in [0.25, 0.3) is 10.8 Å². The van der Waals surface area contributed by atoms with Gasteiger partial charge in [0.25, 0.3) is 0 Å². The summed E-state index contributed by atoms with van der Waals surface area (Å²) in [7, 11) is 0. The van der Waals surface area contributed by atoms with Crippen molar-refractivity contribution in [2.24, 2.45) is 0 Å². The van der Waals surface area contributed by atoms with E-state index >= 15 is 0 Å². The van der Waals surface area contributed by atoms with Crippen LogP contribution in [0.15, 0.2) is 84.9 Å². The van der Waals surface area contributed by atoms with Crippen LogP contribution in [0.5, 0.6) is 0 Å². The molecule has 0 aliphatic heterocycles. The number of carbonyl (C=O) groups excluding carboxylic acids is 1. The predicted molar refractivity (Wildman–Crippen MR) is 140 cm³/mol. The van der Waals surface area contributed by atoms with E-state index in [9.17, 15) is 26.7 Å². The van der Waals surface area contributed by atoms with E-state index < -0.39 is 34.9 Å². The number of rotatable bonds is 6. The highest BCUT2D eigenvalue weighted by molar-refractivity contribution is 5.89. The first-order valence-electron chi connectivity index (χ1n) is 12.8. The van der Waals surface area contributed by atoms with E-state index in [1.807, 2.05) is 0 Å². The zero-order valence-corrected chi connectivity index (χ0v) is 21.0. The maximum absolute atomic E-state index is 14.9. The molecule has 5 rings (SSSR count). The van der Waals surface area contributed by atoms with Gasteiger partial charge in [0.1, 0.15) is 11.6 Å². The smallest absolute Gasteiger partial charge is 0.335 e. The lowest BCUT2D eigenvalue weighted by atomic mass is 9.75. The van der Waals surface area contributed by atoms with Gasteiger partial charge >= 0.3 is 12.2 Å². The normalized spacial score (nSPS) is 15.7. The standard InChI is InChI=1S/C31H27F5N2O/c32-23-17-21(16-22(18-23)31(34,35)36)30(19-20-8-2-1-3-9-20,38-29(39)37-24-10-4-5-11-24)27-14-15-28(33)26-13-7-6-12-25(26)27/h1-3,6-9,12-18,24H,4-5,10-11,19H2,(H2,37,38,39). The Morgan fingerprint density at radius 2 is 1.44 bits per heavy atom. The van der Waals surface area contributed by atoms with Gasteiger partial charge in [-0.05, 0) is 59.2 Å². The Morgan fingerprint density at radius 3 is 2.13 bits per heavy atom. The summed E-state index contributed by atoms with van der Waals surface area (Å²) in [5.41, 5.74) is -1.93. The van der Waals surface area contributed by atoms with E-state index in [-0.39, 0.29) is 23.4 Å². The van der Waals surface area contributed by atoms with Gasteiger partial charge in [-0.25, -0.2) is 13.6 Å². The van der Waals surface area contributed by atoms with E-state index in [1.165, 1.54) is 12.1 Å². The molecule has 1 aliphatic rings. The Hall–Kier alpha value is -3.94. The molecule has 1 fully saturated rings. The Bertz CT molecular complexity index is 1480. The van der Waals surface area contributed by atoms with Gasteiger partial charge in [0.15, 0.2) is 0 Å². The average molecular weight is 539 g/mol. The molecule has 0 spiro atoms. The number of fused-ring (bicyclic) bond motifs is 1. The molecule has 4 aromatic carbocycles. The third-order valence-electron chi connectivity index (χ3n) is 7.38. The number of hydrogen-bond acceptors (Lipinski definition) is 1. The number of urea groups is 1. The molecule has 0 radical (unpaired) electrons. The van der Waals surface area contributed by atoms with Crippen LogP contribution in [0.4, 0.5) is 26.7 Å². The number of hydrogen-bond donors (Lipinski definition) is 2. The SMILES string of the molecule is O=C(NC1CCCC1)NC(Cc1ccccc1)(c1cc(F)cc(C(F)(F)F)c1)c1ccc(F)c2ccccc12. The Kier molecular flexibility index (Phi) is 7.30. The van der Waals surface area contributed by atoms with E-state index in [0.29, 0.717) is 22.6 Å². The summed E-state index contributed by atoms with van der Waals surface area (Å²) in [6.45, 7) is 0. The molecule has 1 aliphatic carbocycles. The van der Waals surface area contributed by atoms with Crippen molar-refractivity contribution in [3.8, 4) is 0 Å². The van der Waals surface area contributed by atoms with Gasteiger partial charge in [-0.15, -0.1) is 0 Å². The van der Waals surface area contributed by atoms with Crippen molar-refractivity contribution in [2.45, 2.75) is 49.9 Å². The first kappa shape index (κ1) is 26.7. The second-order valence-electron chi connectivity index (χ2n) is 10.0. The molecule has 1 unspecified atom stereocenters. The molecule has 1 saturated carbocycles. The lowest BCUT2D eigenvalue weighted by molar-refractivity contribution is -0.137. The second-order valence-corrected chi connectivity index (χ2v) is 10.0. The topological polar surface area (TPSA) is 41.1 Å². The minimum absolute atomic E-state index is 0.0116. The van der Waals surface area contributed by atoms with Crippen molar-refractivity contribution in [2.75, 3.05) is 0 Å². The van der Waals surface area contributed by atoms with Gasteiger partial charge in [-0.1, -0.05) is 73.5 Å². The second kappa shape index (κ2) is 10.7. The summed E-state index contributed by atoms with van der Waals surface area (Å²) >= 11 is 0. The molecule has 4 aromatic rings. The van der Waals surface area contributed by atoms with Crippen molar-refractivity contribution in [1.29, 1.82) is 0 Å². The molecule has 8 heteroatoms. The Morgan fingerprint density at radius 1 is 0.795 bits per heavy atom. The first-order valence-corrected chi connectivity index (χ1v) is 12.8. The highest BCUT2D eigenvalue weighted by atomic mass is 19.4. The summed E-state index contributed by atoms with van der Waals surface area (Å²) in [5.74, 6) is -1.62. The molecule has 0 heterocycles. The van der Waals surface area contributed by atoms with E-state index in [0.717, 1.165) is 37.8 Å². The highest BCUT2D eigenvalue weighted by Crippen LogP contribution is 2.41. The molecule has 0 bridgehead atoms. The summed E-state index contributed by atoms with van der Waals surface area (Å²) < 4.78 is 71.5. The fourth-order valence-corrected chi connectivity index (χ4v) is 5.56. The average Bonchev–Trinajstić information content (AvgIpc) is 3.41. The fraction of sp³-hybridized carbons (Fsp3) is 0.258. The van der Waals surface area contributed by atoms with E-state index in [1.54, 1.807) is 54.6 Å². The van der Waals surface area contributed by atoms with E-state index in [4.69, 9.17) is 0 Å². The van der Waals surface area contributed by atoms with Gasteiger partial charge in [0, 0.05) is 17.8 Å². The van der Waals surface area contributed by atoms with Gasteiger partial charge in [0.2, 0.25) is 0 Å². The van der Waals surface area contributed by atoms with Gasteiger partial charge in [-0.2, -0.15) is 13.2 Å². The summed E-state index contributed by atoms with van der Waals surface area (Å²) in [6, 6.07) is 19.7. The van der Waals surface area contributed by atoms with Crippen LogP contribution in [-0.4, -0.2) is 12.1 Å². The van der Waals surface area contributed by atoms with Crippen LogP contribution < -0.4 is 10.6 Å². The van der Waals surface area contributed by atoms with Crippen LogP contribution in [0.2, 0.25) is 0 Å². The first-order chi connectivity index (χ1) is 18.7. The molecule has 0 saturated heterocycles. The maximum atomic E-state index is 14.9. The number of amides is 2. The molecule has 202 valence electrons. The zero-order valence-electron chi connectivity index (χ0n) is 21.0. The van der Waals surface area contributed by atoms with Crippen LogP contribution in [0.1, 0.15) is 47.9 Å². The molecule has 2 N–H and O–H groups in total. The van der Waals surface area contributed by atoms with Gasteiger partial charge in [-0.3, -0.25) is 0 Å². The number of carbonyl (C=O) groups is 1. The van der Waals surface area contributed by atoms with Crippen molar-refractivity contribution in [1.82, 2.24) is 10.6 Å². The highest BCUT2D eigenvalue weighted by Gasteiger charge is 2.41. The summed E-state index contributed by atoms with van der Waals surface area (Å²) in [4.78, 5) is 13.5. The van der Waals surface area contributed by atoms with Crippen LogP contribution in [0.3, 0.4) is 0 Å². The van der Waals surface area contributed by atoms with Crippen molar-refractivity contribution in [3.05, 3.63) is 119 Å². The molecule has 2 amide bonds. The fourth-order valence-electron chi connectivity index (χ4n) is 5.56. The molecule has 3 nitrogen and oxygen atoms in total. The lowest BCUT2D eigenvalue weighted by Gasteiger charge is -2.38. The number of alkyl halides is 3. The van der Waals surface area contributed by atoms with E-state index in [2.05, 4.69) is 10.6 Å². The van der Waals surface area contributed by atoms with Crippen molar-refractivity contribution in [3.63, 3.8) is 0 Å². The van der Waals surface area contributed by atoms with Crippen LogP contribution in [0, 0.1) is 11.6 Å². The van der Waals surface area contributed by atoms with Crippen LogP contribution in [-0.2, 0) is 18.1 Å². The Labute approximate surface area is 223 Å². The maximum Gasteiger partial charge on any atom is 0.416 e. The van der Waals surface area contributed by atoms with Gasteiger partial charge in [0.05, 0.1) is 11.1 Å².